The summed E-state index contributed by atoms with van der Waals surface area (Å²) in [5.41, 5.74) is 0.377. The highest BCUT2D eigenvalue weighted by atomic mass is 35.5. The summed E-state index contributed by atoms with van der Waals surface area (Å²) in [6, 6.07) is 4.09. The lowest BCUT2D eigenvalue weighted by atomic mass is 10.4. The predicted octanol–water partition coefficient (Wildman–Crippen LogP) is 2.99. The number of halogens is 2. The van der Waals surface area contributed by atoms with Gasteiger partial charge in [-0.15, -0.1) is 11.8 Å². The first-order chi connectivity index (χ1) is 10.9. The second-order valence-corrected chi connectivity index (χ2v) is 7.76. The fourth-order valence-electron chi connectivity index (χ4n) is 1.70. The third-order valence-corrected chi connectivity index (χ3v) is 5.20. The van der Waals surface area contributed by atoms with Gasteiger partial charge in [0, 0.05) is 10.0 Å². The maximum Gasteiger partial charge on any atom is 0.241 e. The fraction of sp³-hybridized carbons (Fsp3) is 0.231. The van der Waals surface area contributed by atoms with Gasteiger partial charge in [0.05, 0.1) is 24.7 Å². The Morgan fingerprint density at radius 3 is 2.48 bits per heavy atom. The van der Waals surface area contributed by atoms with Gasteiger partial charge in [-0.25, -0.2) is 18.1 Å². The van der Waals surface area contributed by atoms with Crippen LogP contribution in [0, 0.1) is 0 Å². The lowest BCUT2D eigenvalue weighted by molar-refractivity contribution is 0.384. The molecular weight excluding hydrogens is 381 g/mol. The minimum atomic E-state index is -3.79. The molecule has 124 valence electrons. The Labute approximate surface area is 148 Å². The number of methoxy groups -OCH3 is 1. The van der Waals surface area contributed by atoms with E-state index < -0.39 is 10.0 Å². The van der Waals surface area contributed by atoms with Gasteiger partial charge in [0.1, 0.15) is 10.7 Å². The first kappa shape index (κ1) is 18.3. The molecule has 0 aliphatic rings. The van der Waals surface area contributed by atoms with Crippen molar-refractivity contribution in [1.29, 1.82) is 0 Å². The van der Waals surface area contributed by atoms with Gasteiger partial charge < -0.3 is 4.74 Å². The number of sulfonamides is 1. The van der Waals surface area contributed by atoms with E-state index in [1.165, 1.54) is 37.1 Å². The van der Waals surface area contributed by atoms with Crippen molar-refractivity contribution in [3.63, 3.8) is 0 Å². The van der Waals surface area contributed by atoms with Gasteiger partial charge >= 0.3 is 0 Å². The molecule has 2 rings (SSSR count). The molecule has 23 heavy (non-hydrogen) atoms. The van der Waals surface area contributed by atoms with Gasteiger partial charge in [0.15, 0.2) is 0 Å². The number of ether oxygens (including phenoxy) is 1. The number of hydrogen-bond acceptors (Lipinski definition) is 6. The van der Waals surface area contributed by atoms with E-state index in [0.29, 0.717) is 10.7 Å². The predicted molar refractivity (Wildman–Crippen MR) is 90.9 cm³/mol. The molecule has 0 spiro atoms. The van der Waals surface area contributed by atoms with Crippen LogP contribution in [-0.4, -0.2) is 31.8 Å². The summed E-state index contributed by atoms with van der Waals surface area (Å²) in [4.78, 5) is 8.35. The Bertz CT molecular complexity index is 796. The van der Waals surface area contributed by atoms with E-state index in [0.717, 1.165) is 0 Å². The maximum atomic E-state index is 12.3. The summed E-state index contributed by atoms with van der Waals surface area (Å²) in [6.07, 6.45) is 3.40. The number of rotatable bonds is 6. The summed E-state index contributed by atoms with van der Waals surface area (Å²) < 4.78 is 32.2. The lowest BCUT2D eigenvalue weighted by Gasteiger charge is -2.10. The minimum absolute atomic E-state index is 0.0253. The van der Waals surface area contributed by atoms with E-state index >= 15 is 0 Å². The summed E-state index contributed by atoms with van der Waals surface area (Å²) in [5, 5.41) is 1.15. The number of aromatic nitrogens is 2. The molecule has 0 aliphatic carbocycles. The number of nitrogens with one attached hydrogen (secondary N) is 1. The molecule has 0 amide bonds. The normalized spacial score (nSPS) is 11.5. The van der Waals surface area contributed by atoms with Crippen LogP contribution in [0.1, 0.15) is 5.69 Å². The molecule has 1 heterocycles. The van der Waals surface area contributed by atoms with Gasteiger partial charge in [0.25, 0.3) is 0 Å². The van der Waals surface area contributed by atoms with Crippen LogP contribution < -0.4 is 9.46 Å². The molecule has 1 aromatic carbocycles. The molecule has 0 radical (unpaired) electrons. The standard InChI is InChI=1S/C13H13Cl2N3O3S2/c1-21-13-11(16-7-12(18-13)22-2)6-17-23(19,20)10-4-8(14)3-9(15)5-10/h3-5,7,17H,6H2,1-2H3. The van der Waals surface area contributed by atoms with Crippen LogP contribution in [-0.2, 0) is 16.6 Å². The van der Waals surface area contributed by atoms with Crippen molar-refractivity contribution < 1.29 is 13.2 Å². The smallest absolute Gasteiger partial charge is 0.241 e. The molecule has 6 nitrogen and oxygen atoms in total. The highest BCUT2D eigenvalue weighted by molar-refractivity contribution is 7.98. The number of benzene rings is 1. The Hall–Kier alpha value is -1.06. The zero-order valence-electron chi connectivity index (χ0n) is 12.2. The van der Waals surface area contributed by atoms with E-state index in [4.69, 9.17) is 27.9 Å². The number of nitrogens with zero attached hydrogens (tertiary/aromatic N) is 2. The minimum Gasteiger partial charge on any atom is -0.480 e. The summed E-state index contributed by atoms with van der Waals surface area (Å²) >= 11 is 13.1. The molecule has 0 bridgehead atoms. The zero-order valence-corrected chi connectivity index (χ0v) is 15.4. The van der Waals surface area contributed by atoms with Crippen LogP contribution in [0.15, 0.2) is 34.3 Å². The molecule has 0 aliphatic heterocycles. The average molecular weight is 394 g/mol. The molecule has 0 unspecified atom stereocenters. The third kappa shape index (κ3) is 4.71. The second-order valence-electron chi connectivity index (χ2n) is 4.30. The van der Waals surface area contributed by atoms with Crippen molar-refractivity contribution in [2.24, 2.45) is 0 Å². The number of thioether (sulfide) groups is 1. The molecule has 1 N–H and O–H groups in total. The molecule has 1 aromatic heterocycles. The quantitative estimate of drug-likeness (QED) is 0.759. The van der Waals surface area contributed by atoms with E-state index in [2.05, 4.69) is 14.7 Å². The van der Waals surface area contributed by atoms with Crippen molar-refractivity contribution in [2.75, 3.05) is 13.4 Å². The van der Waals surface area contributed by atoms with Crippen molar-refractivity contribution >= 4 is 45.0 Å². The van der Waals surface area contributed by atoms with Gasteiger partial charge in [-0.1, -0.05) is 23.2 Å². The van der Waals surface area contributed by atoms with Crippen LogP contribution in [0.2, 0.25) is 10.0 Å². The van der Waals surface area contributed by atoms with Crippen molar-refractivity contribution in [3.8, 4) is 5.88 Å². The Balaban J connectivity index is 2.22. The second kappa shape index (κ2) is 7.67. The first-order valence-electron chi connectivity index (χ1n) is 6.25. The molecule has 0 atom stereocenters. The highest BCUT2D eigenvalue weighted by Gasteiger charge is 2.17. The van der Waals surface area contributed by atoms with Crippen LogP contribution in [0.3, 0.4) is 0 Å². The molecule has 0 saturated heterocycles. The topological polar surface area (TPSA) is 81.2 Å². The molecule has 2 aromatic rings. The maximum absolute atomic E-state index is 12.3. The molecule has 10 heteroatoms. The average Bonchev–Trinajstić information content (AvgIpc) is 2.51. The van der Waals surface area contributed by atoms with E-state index in [1.807, 2.05) is 6.26 Å². The Kier molecular flexibility index (Phi) is 6.10. The monoisotopic (exact) mass is 393 g/mol. The molecule has 0 saturated carbocycles. The Morgan fingerprint density at radius 2 is 1.91 bits per heavy atom. The zero-order chi connectivity index (χ0) is 17.0. The van der Waals surface area contributed by atoms with Crippen LogP contribution >= 0.6 is 35.0 Å². The van der Waals surface area contributed by atoms with Crippen LogP contribution in [0.5, 0.6) is 5.88 Å². The van der Waals surface area contributed by atoms with Crippen molar-refractivity contribution in [2.45, 2.75) is 16.5 Å². The van der Waals surface area contributed by atoms with Gasteiger partial charge in [-0.3, -0.25) is 4.98 Å². The van der Waals surface area contributed by atoms with Gasteiger partial charge in [0.2, 0.25) is 15.9 Å². The van der Waals surface area contributed by atoms with E-state index in [1.54, 1.807) is 6.20 Å². The fourth-order valence-corrected chi connectivity index (χ4v) is 3.74. The van der Waals surface area contributed by atoms with Gasteiger partial charge in [-0.05, 0) is 24.5 Å². The van der Waals surface area contributed by atoms with Crippen molar-refractivity contribution in [3.05, 3.63) is 40.1 Å². The first-order valence-corrected chi connectivity index (χ1v) is 9.71. The highest BCUT2D eigenvalue weighted by Crippen LogP contribution is 2.23. The van der Waals surface area contributed by atoms with Crippen LogP contribution in [0.25, 0.3) is 0 Å². The molecule has 0 fully saturated rings. The summed E-state index contributed by atoms with van der Waals surface area (Å²) in [5.74, 6) is 0.267. The number of hydrogen-bond donors (Lipinski definition) is 1. The Morgan fingerprint density at radius 1 is 1.26 bits per heavy atom. The third-order valence-electron chi connectivity index (χ3n) is 2.77. The lowest BCUT2D eigenvalue weighted by Crippen LogP contribution is -2.24. The van der Waals surface area contributed by atoms with Crippen molar-refractivity contribution in [1.82, 2.24) is 14.7 Å². The largest absolute Gasteiger partial charge is 0.480 e. The van der Waals surface area contributed by atoms with E-state index in [9.17, 15) is 8.42 Å². The summed E-state index contributed by atoms with van der Waals surface area (Å²) in [6.45, 7) is -0.0721. The van der Waals surface area contributed by atoms with E-state index in [-0.39, 0.29) is 27.4 Å². The van der Waals surface area contributed by atoms with Gasteiger partial charge in [-0.2, -0.15) is 0 Å². The SMILES string of the molecule is COc1nc(SC)cnc1CNS(=O)(=O)c1cc(Cl)cc(Cl)c1. The van der Waals surface area contributed by atoms with Crippen LogP contribution in [0.4, 0.5) is 0 Å². The molecular formula is C13H13Cl2N3O3S2. The summed E-state index contributed by atoms with van der Waals surface area (Å²) in [7, 11) is -2.34.